The van der Waals surface area contributed by atoms with Gasteiger partial charge in [0.15, 0.2) is 0 Å². The summed E-state index contributed by atoms with van der Waals surface area (Å²) in [4.78, 5) is 28.0. The van der Waals surface area contributed by atoms with Crippen LogP contribution < -0.4 is 0 Å². The van der Waals surface area contributed by atoms with Crippen LogP contribution >= 0.6 is 0 Å². The van der Waals surface area contributed by atoms with Crippen molar-refractivity contribution < 1.29 is 27.5 Å². The molecule has 2 heterocycles. The van der Waals surface area contributed by atoms with Gasteiger partial charge in [-0.15, -0.1) is 0 Å². The van der Waals surface area contributed by atoms with Crippen molar-refractivity contribution in [2.45, 2.75) is 31.5 Å². The van der Waals surface area contributed by atoms with E-state index in [9.17, 15) is 22.8 Å². The molecule has 0 radical (unpaired) electrons. The van der Waals surface area contributed by atoms with Crippen LogP contribution in [-0.2, 0) is 26.9 Å². The highest BCUT2D eigenvalue weighted by Crippen LogP contribution is 2.29. The second kappa shape index (κ2) is 7.65. The summed E-state index contributed by atoms with van der Waals surface area (Å²) in [6.45, 7) is 2.22. The molecule has 8 heteroatoms. The molecule has 2 fully saturated rings. The minimum atomic E-state index is -4.42. The molecule has 0 spiro atoms. The number of halogens is 3. The topological polar surface area (TPSA) is 49.9 Å². The van der Waals surface area contributed by atoms with Crippen LogP contribution in [0.5, 0.6) is 0 Å². The van der Waals surface area contributed by atoms with Crippen molar-refractivity contribution in [1.82, 2.24) is 9.80 Å². The standard InChI is InChI=1S/C18H21F3N2O3/c19-18(20,21)14-4-1-3-13(11-14)12-16(24)22-6-8-23(9-7-22)17(25)15-5-2-10-26-15/h1,3-4,11,15H,2,5-10,12H2/t15-/m0/s1. The molecule has 142 valence electrons. The third kappa shape index (κ3) is 4.35. The average molecular weight is 370 g/mol. The zero-order chi connectivity index (χ0) is 18.7. The number of ether oxygens (including phenoxy) is 1. The molecule has 3 rings (SSSR count). The van der Waals surface area contributed by atoms with E-state index in [4.69, 9.17) is 4.74 Å². The lowest BCUT2D eigenvalue weighted by Crippen LogP contribution is -2.53. The van der Waals surface area contributed by atoms with Crippen LogP contribution in [0.3, 0.4) is 0 Å². The van der Waals surface area contributed by atoms with Gasteiger partial charge in [0.2, 0.25) is 5.91 Å². The molecule has 2 aliphatic rings. The third-order valence-electron chi connectivity index (χ3n) is 4.76. The van der Waals surface area contributed by atoms with Crippen molar-refractivity contribution in [3.05, 3.63) is 35.4 Å². The largest absolute Gasteiger partial charge is 0.416 e. The van der Waals surface area contributed by atoms with E-state index in [2.05, 4.69) is 0 Å². The molecule has 1 aromatic rings. The summed E-state index contributed by atoms with van der Waals surface area (Å²) in [6, 6.07) is 4.83. The maximum Gasteiger partial charge on any atom is 0.416 e. The van der Waals surface area contributed by atoms with Crippen LogP contribution in [0.25, 0.3) is 0 Å². The summed E-state index contributed by atoms with van der Waals surface area (Å²) in [5.41, 5.74) is -0.419. The number of amides is 2. The van der Waals surface area contributed by atoms with Crippen LogP contribution in [0.15, 0.2) is 24.3 Å². The number of rotatable bonds is 3. The lowest BCUT2D eigenvalue weighted by atomic mass is 10.1. The molecule has 1 aromatic carbocycles. The third-order valence-corrected chi connectivity index (χ3v) is 4.76. The first-order chi connectivity index (χ1) is 12.3. The number of nitrogens with zero attached hydrogens (tertiary/aromatic N) is 2. The van der Waals surface area contributed by atoms with Gasteiger partial charge in [-0.3, -0.25) is 9.59 Å². The van der Waals surface area contributed by atoms with Gasteiger partial charge in [-0.05, 0) is 24.5 Å². The number of piperazine rings is 1. The van der Waals surface area contributed by atoms with E-state index in [1.54, 1.807) is 9.80 Å². The van der Waals surface area contributed by atoms with Crippen LogP contribution in [0.1, 0.15) is 24.0 Å². The van der Waals surface area contributed by atoms with E-state index >= 15 is 0 Å². The summed E-state index contributed by atoms with van der Waals surface area (Å²) < 4.78 is 43.7. The molecule has 0 aromatic heterocycles. The normalized spacial score (nSPS) is 21.1. The highest BCUT2D eigenvalue weighted by Gasteiger charge is 2.32. The van der Waals surface area contributed by atoms with Gasteiger partial charge in [0.25, 0.3) is 5.91 Å². The van der Waals surface area contributed by atoms with E-state index in [1.807, 2.05) is 0 Å². The highest BCUT2D eigenvalue weighted by atomic mass is 19.4. The summed E-state index contributed by atoms with van der Waals surface area (Å²) in [5, 5.41) is 0. The lowest BCUT2D eigenvalue weighted by molar-refractivity contribution is -0.145. The van der Waals surface area contributed by atoms with Gasteiger partial charge >= 0.3 is 6.18 Å². The summed E-state index contributed by atoms with van der Waals surface area (Å²) >= 11 is 0. The van der Waals surface area contributed by atoms with E-state index in [0.717, 1.165) is 25.0 Å². The molecule has 0 aliphatic carbocycles. The average Bonchev–Trinajstić information content (AvgIpc) is 3.15. The number of alkyl halides is 3. The Hall–Kier alpha value is -2.09. The first-order valence-electron chi connectivity index (χ1n) is 8.69. The lowest BCUT2D eigenvalue weighted by Gasteiger charge is -2.35. The van der Waals surface area contributed by atoms with Gasteiger partial charge in [-0.2, -0.15) is 13.2 Å². The Bertz CT molecular complexity index is 664. The Morgan fingerprint density at radius 2 is 1.81 bits per heavy atom. The Morgan fingerprint density at radius 1 is 1.12 bits per heavy atom. The SMILES string of the molecule is O=C(Cc1cccc(C(F)(F)F)c1)N1CCN(C(=O)[C@@H]2CCCO2)CC1. The van der Waals surface area contributed by atoms with Crippen molar-refractivity contribution in [3.8, 4) is 0 Å². The smallest absolute Gasteiger partial charge is 0.368 e. The Balaban J connectivity index is 1.53. The molecule has 0 saturated carbocycles. The molecule has 1 atom stereocenters. The molecule has 2 saturated heterocycles. The molecule has 0 unspecified atom stereocenters. The number of hydrogen-bond acceptors (Lipinski definition) is 3. The van der Waals surface area contributed by atoms with Gasteiger partial charge in [0.1, 0.15) is 6.10 Å². The summed E-state index contributed by atoms with van der Waals surface area (Å²) in [6.07, 6.45) is -3.27. The fraction of sp³-hybridized carbons (Fsp3) is 0.556. The number of carbonyl (C=O) groups is 2. The zero-order valence-electron chi connectivity index (χ0n) is 14.3. The van der Waals surface area contributed by atoms with Crippen molar-refractivity contribution in [1.29, 1.82) is 0 Å². The van der Waals surface area contributed by atoms with Crippen molar-refractivity contribution in [2.75, 3.05) is 32.8 Å². The monoisotopic (exact) mass is 370 g/mol. The van der Waals surface area contributed by atoms with Crippen molar-refractivity contribution in [2.24, 2.45) is 0 Å². The van der Waals surface area contributed by atoms with Crippen molar-refractivity contribution >= 4 is 11.8 Å². The molecule has 2 amide bonds. The van der Waals surface area contributed by atoms with E-state index in [1.165, 1.54) is 12.1 Å². The van der Waals surface area contributed by atoms with Crippen molar-refractivity contribution in [3.63, 3.8) is 0 Å². The molecular weight excluding hydrogens is 349 g/mol. The quantitative estimate of drug-likeness (QED) is 0.819. The molecule has 5 nitrogen and oxygen atoms in total. The van der Waals surface area contributed by atoms with E-state index in [0.29, 0.717) is 38.3 Å². The molecule has 26 heavy (non-hydrogen) atoms. The number of hydrogen-bond donors (Lipinski definition) is 0. The number of carbonyl (C=O) groups excluding carboxylic acids is 2. The van der Waals surface area contributed by atoms with Crippen LogP contribution in [0, 0.1) is 0 Å². The Kier molecular flexibility index (Phi) is 5.50. The van der Waals surface area contributed by atoms with Crippen LogP contribution in [0.4, 0.5) is 13.2 Å². The minimum absolute atomic E-state index is 0.0347. The molecule has 2 aliphatic heterocycles. The van der Waals surface area contributed by atoms with E-state index < -0.39 is 11.7 Å². The van der Waals surface area contributed by atoms with Gasteiger partial charge in [-0.1, -0.05) is 18.2 Å². The maximum atomic E-state index is 12.8. The molecular formula is C18H21F3N2O3. The fourth-order valence-corrected chi connectivity index (χ4v) is 3.30. The highest BCUT2D eigenvalue weighted by molar-refractivity contribution is 5.82. The maximum absolute atomic E-state index is 12.8. The predicted molar refractivity (Wildman–Crippen MR) is 87.3 cm³/mol. The molecule has 0 bridgehead atoms. The van der Waals surface area contributed by atoms with Gasteiger partial charge < -0.3 is 14.5 Å². The molecule has 0 N–H and O–H groups in total. The summed E-state index contributed by atoms with van der Waals surface area (Å²) in [7, 11) is 0. The van der Waals surface area contributed by atoms with Crippen LogP contribution in [0.2, 0.25) is 0 Å². The zero-order valence-corrected chi connectivity index (χ0v) is 14.3. The van der Waals surface area contributed by atoms with Gasteiger partial charge in [0.05, 0.1) is 12.0 Å². The second-order valence-corrected chi connectivity index (χ2v) is 6.58. The summed E-state index contributed by atoms with van der Waals surface area (Å²) in [5.74, 6) is -0.263. The Labute approximate surface area is 149 Å². The fourth-order valence-electron chi connectivity index (χ4n) is 3.30. The number of benzene rings is 1. The second-order valence-electron chi connectivity index (χ2n) is 6.58. The predicted octanol–water partition coefficient (Wildman–Crippen LogP) is 2.10. The van der Waals surface area contributed by atoms with Gasteiger partial charge in [-0.25, -0.2) is 0 Å². The van der Waals surface area contributed by atoms with Crippen LogP contribution in [-0.4, -0.2) is 60.5 Å². The van der Waals surface area contributed by atoms with Gasteiger partial charge in [0, 0.05) is 32.8 Å². The van der Waals surface area contributed by atoms with E-state index in [-0.39, 0.29) is 24.3 Å². The minimum Gasteiger partial charge on any atom is -0.368 e. The first-order valence-corrected chi connectivity index (χ1v) is 8.69. The Morgan fingerprint density at radius 3 is 2.42 bits per heavy atom. The first kappa shape index (κ1) is 18.7.